The molecule has 2 aliphatic heterocycles. The van der Waals surface area contributed by atoms with E-state index in [1.54, 1.807) is 12.1 Å². The fourth-order valence-electron chi connectivity index (χ4n) is 3.40. The second-order valence-electron chi connectivity index (χ2n) is 7.31. The van der Waals surface area contributed by atoms with Crippen LogP contribution in [-0.2, 0) is 16.2 Å². The summed E-state index contributed by atoms with van der Waals surface area (Å²) in [5.74, 6) is 1.12. The molecule has 2 aromatic carbocycles. The van der Waals surface area contributed by atoms with Gasteiger partial charge in [-0.2, -0.15) is 0 Å². The van der Waals surface area contributed by atoms with Crippen LogP contribution in [0.3, 0.4) is 0 Å². The summed E-state index contributed by atoms with van der Waals surface area (Å²) in [6.07, 6.45) is 1.47. The molecule has 172 valence electrons. The molecule has 0 spiro atoms. The Labute approximate surface area is 201 Å². The van der Waals surface area contributed by atoms with E-state index in [1.165, 1.54) is 30.0 Å². The minimum absolute atomic E-state index is 0.0267. The van der Waals surface area contributed by atoms with Crippen molar-refractivity contribution >= 4 is 46.8 Å². The monoisotopic (exact) mass is 488 g/mol. The van der Waals surface area contributed by atoms with Crippen LogP contribution < -0.4 is 18.9 Å². The van der Waals surface area contributed by atoms with Gasteiger partial charge in [0.1, 0.15) is 12.2 Å². The number of carbonyl (C=O) groups is 2. The molecule has 0 aromatic heterocycles. The second kappa shape index (κ2) is 9.29. The lowest BCUT2D eigenvalue weighted by Gasteiger charge is -2.31. The number of nitrogens with zero attached hydrogens (tertiary/aromatic N) is 2. The van der Waals surface area contributed by atoms with Crippen molar-refractivity contribution in [2.45, 2.75) is 13.5 Å². The van der Waals surface area contributed by atoms with Crippen molar-refractivity contribution in [3.8, 4) is 23.0 Å². The van der Waals surface area contributed by atoms with Crippen LogP contribution >= 0.6 is 23.8 Å². The van der Waals surface area contributed by atoms with Crippen molar-refractivity contribution in [3.63, 3.8) is 0 Å². The van der Waals surface area contributed by atoms with Crippen LogP contribution in [0.4, 0.5) is 0 Å². The zero-order valence-corrected chi connectivity index (χ0v) is 19.8. The zero-order chi connectivity index (χ0) is 23.7. The van der Waals surface area contributed by atoms with E-state index in [2.05, 4.69) is 0 Å². The summed E-state index contributed by atoms with van der Waals surface area (Å²) >= 11 is 11.6. The van der Waals surface area contributed by atoms with Gasteiger partial charge in [0, 0.05) is 14.1 Å². The van der Waals surface area contributed by atoms with Crippen molar-refractivity contribution in [3.05, 3.63) is 52.1 Å². The first-order valence-corrected chi connectivity index (χ1v) is 10.9. The molecule has 2 aliphatic rings. The van der Waals surface area contributed by atoms with E-state index in [9.17, 15) is 9.59 Å². The maximum atomic E-state index is 12.6. The van der Waals surface area contributed by atoms with Crippen molar-refractivity contribution in [1.29, 1.82) is 0 Å². The topological polar surface area (TPSA) is 77.5 Å². The third-order valence-electron chi connectivity index (χ3n) is 5.11. The number of hydrogen-bond acceptors (Lipinski definition) is 7. The highest BCUT2D eigenvalue weighted by molar-refractivity contribution is 7.80. The molecule has 2 aromatic rings. The second-order valence-corrected chi connectivity index (χ2v) is 8.08. The molecule has 2 heterocycles. The first-order chi connectivity index (χ1) is 15.8. The first kappa shape index (κ1) is 22.9. The maximum Gasteiger partial charge on any atom is 0.265 e. The van der Waals surface area contributed by atoms with Crippen molar-refractivity contribution in [2.24, 2.45) is 0 Å². The maximum absolute atomic E-state index is 12.6. The van der Waals surface area contributed by atoms with E-state index >= 15 is 0 Å². The molecule has 10 heteroatoms. The summed E-state index contributed by atoms with van der Waals surface area (Å²) < 4.78 is 22.4. The highest BCUT2D eigenvalue weighted by atomic mass is 35.5. The molecule has 8 nitrogen and oxygen atoms in total. The van der Waals surface area contributed by atoms with Crippen molar-refractivity contribution in [1.82, 2.24) is 9.80 Å². The molecule has 0 bridgehead atoms. The summed E-state index contributed by atoms with van der Waals surface area (Å²) in [6.45, 7) is 2.62. The molecule has 33 heavy (non-hydrogen) atoms. The Bertz CT molecular complexity index is 1160. The molecular formula is C23H21ClN2O6S. The standard InChI is InChI=1S/C23H21ClN2O6S/c1-4-29-19-10-14(7-15-21(27)25(2)23(33)26(3)22(15)28)8-16(24)20(19)30-11-13-5-6-17-18(9-13)32-12-31-17/h5-10H,4,11-12H2,1-3H3. The highest BCUT2D eigenvalue weighted by Gasteiger charge is 2.35. The Morgan fingerprint density at radius 3 is 2.45 bits per heavy atom. The summed E-state index contributed by atoms with van der Waals surface area (Å²) in [4.78, 5) is 27.7. The minimum atomic E-state index is -0.486. The Hall–Kier alpha value is -3.30. The van der Waals surface area contributed by atoms with Crippen LogP contribution in [0.1, 0.15) is 18.1 Å². The Kier molecular flexibility index (Phi) is 6.44. The van der Waals surface area contributed by atoms with Crippen LogP contribution in [0, 0.1) is 0 Å². The van der Waals surface area contributed by atoms with E-state index < -0.39 is 11.8 Å². The van der Waals surface area contributed by atoms with Gasteiger partial charge in [-0.3, -0.25) is 19.4 Å². The molecule has 2 amide bonds. The SMILES string of the molecule is CCOc1cc(C=C2C(=O)N(C)C(=S)N(C)C2=O)cc(Cl)c1OCc1ccc2c(c1)OCO2. The molecule has 1 fully saturated rings. The summed E-state index contributed by atoms with van der Waals surface area (Å²) in [5, 5.41) is 0.420. The number of benzene rings is 2. The van der Waals surface area contributed by atoms with Gasteiger partial charge in [-0.1, -0.05) is 17.7 Å². The van der Waals surface area contributed by atoms with E-state index in [-0.39, 0.29) is 29.1 Å². The fourth-order valence-corrected chi connectivity index (χ4v) is 3.84. The lowest BCUT2D eigenvalue weighted by atomic mass is 10.1. The van der Waals surface area contributed by atoms with Crippen LogP contribution in [0.15, 0.2) is 35.9 Å². The average molecular weight is 489 g/mol. The summed E-state index contributed by atoms with van der Waals surface area (Å²) in [7, 11) is 3.04. The molecule has 0 atom stereocenters. The zero-order valence-electron chi connectivity index (χ0n) is 18.2. The Morgan fingerprint density at radius 2 is 1.76 bits per heavy atom. The van der Waals surface area contributed by atoms with Crippen LogP contribution in [0.25, 0.3) is 6.08 Å². The number of amides is 2. The van der Waals surface area contributed by atoms with Gasteiger partial charge in [-0.15, -0.1) is 0 Å². The van der Waals surface area contributed by atoms with Crippen molar-refractivity contribution in [2.75, 3.05) is 27.5 Å². The van der Waals surface area contributed by atoms with E-state index in [1.807, 2.05) is 25.1 Å². The van der Waals surface area contributed by atoms with Gasteiger partial charge >= 0.3 is 0 Å². The predicted molar refractivity (Wildman–Crippen MR) is 126 cm³/mol. The number of halogens is 1. The van der Waals surface area contributed by atoms with Gasteiger partial charge in [0.05, 0.1) is 11.6 Å². The third-order valence-corrected chi connectivity index (χ3v) is 5.94. The molecule has 0 radical (unpaired) electrons. The summed E-state index contributed by atoms with van der Waals surface area (Å²) in [5.41, 5.74) is 1.36. The molecule has 0 N–H and O–H groups in total. The molecular weight excluding hydrogens is 468 g/mol. The predicted octanol–water partition coefficient (Wildman–Crippen LogP) is 3.65. The van der Waals surface area contributed by atoms with Gasteiger partial charge in [-0.25, -0.2) is 0 Å². The molecule has 0 saturated carbocycles. The fraction of sp³-hybridized carbons (Fsp3) is 0.261. The number of fused-ring (bicyclic) bond motifs is 1. The quantitative estimate of drug-likeness (QED) is 0.349. The van der Waals surface area contributed by atoms with Crippen LogP contribution in [0.2, 0.25) is 5.02 Å². The smallest absolute Gasteiger partial charge is 0.265 e. The normalized spacial score (nSPS) is 15.3. The number of hydrogen-bond donors (Lipinski definition) is 0. The summed E-state index contributed by atoms with van der Waals surface area (Å²) in [6, 6.07) is 8.81. The number of thiocarbonyl (C=S) groups is 1. The first-order valence-electron chi connectivity index (χ1n) is 10.1. The third kappa shape index (κ3) is 4.46. The van der Waals surface area contributed by atoms with E-state index in [0.29, 0.717) is 35.2 Å². The Balaban J connectivity index is 1.62. The van der Waals surface area contributed by atoms with Gasteiger partial charge in [0.2, 0.25) is 6.79 Å². The van der Waals surface area contributed by atoms with Crippen LogP contribution in [0.5, 0.6) is 23.0 Å². The van der Waals surface area contributed by atoms with Gasteiger partial charge in [-0.05, 0) is 60.6 Å². The highest BCUT2D eigenvalue weighted by Crippen LogP contribution is 2.39. The molecule has 0 unspecified atom stereocenters. The average Bonchev–Trinajstić information content (AvgIpc) is 3.27. The van der Waals surface area contributed by atoms with Gasteiger partial charge in [0.15, 0.2) is 28.1 Å². The lowest BCUT2D eigenvalue weighted by molar-refractivity contribution is -0.132. The number of rotatable bonds is 6. The van der Waals surface area contributed by atoms with Gasteiger partial charge < -0.3 is 18.9 Å². The molecule has 4 rings (SSSR count). The van der Waals surface area contributed by atoms with Gasteiger partial charge in [0.25, 0.3) is 11.8 Å². The van der Waals surface area contributed by atoms with Crippen LogP contribution in [-0.4, -0.2) is 54.2 Å². The molecule has 1 saturated heterocycles. The van der Waals surface area contributed by atoms with Crippen molar-refractivity contribution < 1.29 is 28.5 Å². The largest absolute Gasteiger partial charge is 0.490 e. The number of carbonyl (C=O) groups excluding carboxylic acids is 2. The Morgan fingerprint density at radius 1 is 1.06 bits per heavy atom. The minimum Gasteiger partial charge on any atom is -0.490 e. The number of ether oxygens (including phenoxy) is 4. The number of likely N-dealkylation sites (N-methyl/N-ethyl adjacent to an activating group) is 2. The lowest BCUT2D eigenvalue weighted by Crippen LogP contribution is -2.52. The van der Waals surface area contributed by atoms with E-state index in [0.717, 1.165) is 5.56 Å². The molecule has 0 aliphatic carbocycles. The van der Waals surface area contributed by atoms with E-state index in [4.69, 9.17) is 42.8 Å².